The molecule has 1 saturated carbocycles. The Morgan fingerprint density at radius 3 is 0.385 bits per heavy atom. The molecule has 0 aromatic carbocycles. The maximum absolute atomic E-state index is 1.50. The number of hydrogen-bond donors (Lipinski definition) is 0. The van der Waals surface area contributed by atoms with E-state index < -0.39 is 0 Å². The van der Waals surface area contributed by atoms with Crippen LogP contribution in [-0.2, 0) is 0 Å². The second-order valence-corrected chi connectivity index (χ2v) is 4.24. The van der Waals surface area contributed by atoms with Crippen LogP contribution < -0.4 is 0 Å². The van der Waals surface area contributed by atoms with Crippen LogP contribution in [0.4, 0.5) is 0 Å². The van der Waals surface area contributed by atoms with Crippen molar-refractivity contribution in [1.29, 1.82) is 0 Å². The van der Waals surface area contributed by atoms with Crippen LogP contribution in [0.3, 0.4) is 0 Å². The molecular weight excluding hydrogens is 180 g/mol. The van der Waals surface area contributed by atoms with Crippen molar-refractivity contribution in [2.75, 3.05) is 0 Å². The third-order valence-electron chi connectivity index (χ3n) is 3.00. The Morgan fingerprint density at radius 1 is 0.231 bits per heavy atom. The molecule has 1 aliphatic carbocycles. The highest BCUT2D eigenvalue weighted by Crippen LogP contribution is 2.15. The van der Waals surface area contributed by atoms with E-state index in [4.69, 9.17) is 0 Å². The van der Waals surface area contributed by atoms with Crippen molar-refractivity contribution in [2.45, 2.75) is 77.0 Å². The van der Waals surface area contributed by atoms with E-state index in [1.54, 1.807) is 0 Å². The van der Waals surface area contributed by atoms with Crippen molar-refractivity contribution in [1.82, 2.24) is 0 Å². The van der Waals surface area contributed by atoms with Crippen molar-refractivity contribution < 1.29 is 0 Å². The summed E-state index contributed by atoms with van der Waals surface area (Å²) < 4.78 is 0. The van der Waals surface area contributed by atoms with Gasteiger partial charge in [0.15, 0.2) is 0 Å². The fraction of sp³-hybridized carbons (Fsp3) is 1.00. The van der Waals surface area contributed by atoms with Gasteiger partial charge in [-0.1, -0.05) is 77.0 Å². The molecule has 0 aromatic rings. The van der Waals surface area contributed by atoms with E-state index in [2.05, 4.69) is 0 Å². The molecule has 0 saturated heterocycles. The first-order valence-corrected chi connectivity index (χ1v) is 6.00. The van der Waals surface area contributed by atoms with Crippen LogP contribution in [0, 0.1) is 0 Å². The van der Waals surface area contributed by atoms with Crippen molar-refractivity contribution >= 4 is 12.4 Å². The Balaban J connectivity index is 0.00000144. The first-order valence-electron chi connectivity index (χ1n) is 6.00. The first kappa shape index (κ1) is 13.3. The molecule has 1 heteroatoms. The van der Waals surface area contributed by atoms with Gasteiger partial charge in [0.25, 0.3) is 0 Å². The largest absolute Gasteiger partial charge is 0.147 e. The minimum atomic E-state index is 0. The van der Waals surface area contributed by atoms with Gasteiger partial charge in [0, 0.05) is 0 Å². The summed E-state index contributed by atoms with van der Waals surface area (Å²) in [6.45, 7) is 0. The topological polar surface area (TPSA) is 0 Å². The summed E-state index contributed by atoms with van der Waals surface area (Å²) in [6.07, 6.45) is 18.0. The van der Waals surface area contributed by atoms with Crippen LogP contribution in [-0.4, -0.2) is 0 Å². The summed E-state index contributed by atoms with van der Waals surface area (Å²) in [5.74, 6) is 0. The second kappa shape index (κ2) is 10.4. The van der Waals surface area contributed by atoms with E-state index in [9.17, 15) is 0 Å². The summed E-state index contributed by atoms with van der Waals surface area (Å²) in [4.78, 5) is 0. The molecule has 0 unspecified atom stereocenters. The molecule has 0 aromatic heterocycles. The molecule has 0 spiro atoms. The fourth-order valence-corrected chi connectivity index (χ4v) is 2.12. The van der Waals surface area contributed by atoms with Gasteiger partial charge in [0.1, 0.15) is 0 Å². The summed E-state index contributed by atoms with van der Waals surface area (Å²) in [6, 6.07) is 0. The third-order valence-corrected chi connectivity index (χ3v) is 3.00. The molecule has 0 atom stereocenters. The molecule has 0 N–H and O–H groups in total. The van der Waals surface area contributed by atoms with Gasteiger partial charge in [0.05, 0.1) is 0 Å². The number of hydrogen-bond acceptors (Lipinski definition) is 0. The lowest BCUT2D eigenvalue weighted by molar-refractivity contribution is 0.504. The van der Waals surface area contributed by atoms with Crippen LogP contribution in [0.15, 0.2) is 0 Å². The lowest BCUT2D eigenvalue weighted by Gasteiger charge is -2.05. The smallest absolute Gasteiger partial charge is 0.0533 e. The van der Waals surface area contributed by atoms with E-state index in [1.807, 2.05) is 0 Å². The third kappa shape index (κ3) is 8.62. The molecule has 0 heterocycles. The fourth-order valence-electron chi connectivity index (χ4n) is 2.12. The van der Waals surface area contributed by atoms with Gasteiger partial charge in [0.2, 0.25) is 0 Å². The summed E-state index contributed by atoms with van der Waals surface area (Å²) in [5.41, 5.74) is 0. The molecule has 1 fully saturated rings. The van der Waals surface area contributed by atoms with Gasteiger partial charge in [-0.15, -0.1) is 12.4 Å². The standard InChI is InChI=1S/C12H24.ClH/c1-2-4-6-8-10-12-11-9-7-5-3-1;/h1-12H2;1H. The van der Waals surface area contributed by atoms with E-state index >= 15 is 0 Å². The van der Waals surface area contributed by atoms with Crippen LogP contribution in [0.1, 0.15) is 77.0 Å². The highest BCUT2D eigenvalue weighted by Gasteiger charge is 1.96. The lowest BCUT2D eigenvalue weighted by atomic mass is 10.0. The molecule has 80 valence electrons. The maximum Gasteiger partial charge on any atom is -0.0533 e. The Morgan fingerprint density at radius 2 is 0.308 bits per heavy atom. The number of rotatable bonds is 0. The average Bonchev–Trinajstić information content (AvgIpc) is 2.05. The minimum Gasteiger partial charge on any atom is -0.147 e. The summed E-state index contributed by atoms with van der Waals surface area (Å²) >= 11 is 0. The molecule has 1 aliphatic rings. The van der Waals surface area contributed by atoms with Gasteiger partial charge in [-0.3, -0.25) is 0 Å². The van der Waals surface area contributed by atoms with Crippen molar-refractivity contribution in [3.05, 3.63) is 0 Å². The predicted molar refractivity (Wildman–Crippen MR) is 62.7 cm³/mol. The summed E-state index contributed by atoms with van der Waals surface area (Å²) in [5, 5.41) is 0. The second-order valence-electron chi connectivity index (χ2n) is 4.24. The van der Waals surface area contributed by atoms with Gasteiger partial charge < -0.3 is 0 Å². The van der Waals surface area contributed by atoms with Crippen LogP contribution in [0.2, 0.25) is 0 Å². The molecular formula is C12H25Cl. The van der Waals surface area contributed by atoms with Crippen molar-refractivity contribution in [3.63, 3.8) is 0 Å². The quantitative estimate of drug-likeness (QED) is 0.515. The molecule has 13 heavy (non-hydrogen) atoms. The zero-order chi connectivity index (χ0) is 8.49. The van der Waals surface area contributed by atoms with Gasteiger partial charge in [-0.2, -0.15) is 0 Å². The minimum absolute atomic E-state index is 0. The highest BCUT2D eigenvalue weighted by molar-refractivity contribution is 5.85. The molecule has 0 radical (unpaired) electrons. The highest BCUT2D eigenvalue weighted by atomic mass is 35.5. The Hall–Kier alpha value is 0.290. The predicted octanol–water partition coefficient (Wildman–Crippen LogP) is 5.10. The molecule has 0 amide bonds. The maximum atomic E-state index is 1.50. The normalized spacial score (nSPS) is 22.2. The van der Waals surface area contributed by atoms with E-state index in [0.29, 0.717) is 0 Å². The zero-order valence-corrected chi connectivity index (χ0v) is 9.71. The van der Waals surface area contributed by atoms with Gasteiger partial charge in [-0.25, -0.2) is 0 Å². The zero-order valence-electron chi connectivity index (χ0n) is 8.89. The summed E-state index contributed by atoms with van der Waals surface area (Å²) in [7, 11) is 0. The van der Waals surface area contributed by atoms with Crippen molar-refractivity contribution in [2.24, 2.45) is 0 Å². The monoisotopic (exact) mass is 204 g/mol. The van der Waals surface area contributed by atoms with E-state index in [0.717, 1.165) is 0 Å². The van der Waals surface area contributed by atoms with Crippen molar-refractivity contribution in [3.8, 4) is 0 Å². The lowest BCUT2D eigenvalue weighted by Crippen LogP contribution is -1.85. The number of halogens is 1. The SMILES string of the molecule is C1CCCCCCCCCCC1.Cl. The first-order chi connectivity index (χ1) is 6.00. The van der Waals surface area contributed by atoms with Crippen LogP contribution in [0.5, 0.6) is 0 Å². The average molecular weight is 205 g/mol. The van der Waals surface area contributed by atoms with Gasteiger partial charge >= 0.3 is 0 Å². The van der Waals surface area contributed by atoms with Crippen LogP contribution in [0.25, 0.3) is 0 Å². The Kier molecular flexibility index (Phi) is 10.6. The molecule has 0 bridgehead atoms. The molecule has 0 nitrogen and oxygen atoms in total. The van der Waals surface area contributed by atoms with Crippen LogP contribution >= 0.6 is 12.4 Å². The van der Waals surface area contributed by atoms with E-state index in [1.165, 1.54) is 77.0 Å². The Labute approximate surface area is 89.9 Å². The molecule has 0 aliphatic heterocycles. The molecule has 1 rings (SSSR count). The van der Waals surface area contributed by atoms with E-state index in [-0.39, 0.29) is 12.4 Å². The van der Waals surface area contributed by atoms with Gasteiger partial charge in [-0.05, 0) is 0 Å². The Bertz CT molecular complexity index is 48.1.